The number of piperidine rings is 1. The molecule has 4 rings (SSSR count). The number of benzene rings is 3. The fraction of sp³-hybridized carbons (Fsp3) is 0.323. The van der Waals surface area contributed by atoms with Gasteiger partial charge in [0.25, 0.3) is 5.91 Å². The Morgan fingerprint density at radius 1 is 1.02 bits per heavy atom. The summed E-state index contributed by atoms with van der Waals surface area (Å²) in [6.07, 6.45) is 0.481. The first-order chi connectivity index (χ1) is 18.9. The number of carbonyl (C=O) groups is 3. The molecular formula is C31H33ClN2O6. The molecule has 40 heavy (non-hydrogen) atoms. The molecule has 9 heteroatoms. The van der Waals surface area contributed by atoms with Crippen LogP contribution in [0.5, 0.6) is 5.75 Å². The highest BCUT2D eigenvalue weighted by Gasteiger charge is 2.50. The smallest absolute Gasteiger partial charge is 0.337 e. The van der Waals surface area contributed by atoms with Crippen LogP contribution in [-0.2, 0) is 21.6 Å². The number of phenolic OH excluding ortho intramolecular Hbond substituents is 1. The molecule has 3 aromatic rings. The number of phenols is 1. The number of hydrogen-bond donors (Lipinski definition) is 3. The average molecular weight is 565 g/mol. The molecule has 1 heterocycles. The second-order valence-corrected chi connectivity index (χ2v) is 11.2. The minimum absolute atomic E-state index is 0.0922. The van der Waals surface area contributed by atoms with Crippen molar-refractivity contribution in [1.82, 2.24) is 10.2 Å². The van der Waals surface area contributed by atoms with Gasteiger partial charge in [0, 0.05) is 35.5 Å². The monoisotopic (exact) mass is 564 g/mol. The van der Waals surface area contributed by atoms with Crippen LogP contribution < -0.4 is 5.32 Å². The molecule has 1 fully saturated rings. The Morgan fingerprint density at radius 2 is 1.68 bits per heavy atom. The van der Waals surface area contributed by atoms with E-state index in [0.717, 1.165) is 11.1 Å². The van der Waals surface area contributed by atoms with Crippen LogP contribution >= 0.6 is 11.6 Å². The van der Waals surface area contributed by atoms with Crippen LogP contribution in [-0.4, -0.2) is 59.1 Å². The first-order valence-electron chi connectivity index (χ1n) is 13.0. The van der Waals surface area contributed by atoms with Crippen LogP contribution in [0, 0.1) is 5.41 Å². The third kappa shape index (κ3) is 6.13. The van der Waals surface area contributed by atoms with E-state index in [-0.39, 0.29) is 42.3 Å². The molecule has 3 N–H and O–H groups in total. The molecule has 2 amide bonds. The lowest BCUT2D eigenvalue weighted by Gasteiger charge is -2.51. The number of aliphatic hydroxyl groups is 1. The topological polar surface area (TPSA) is 116 Å². The molecule has 8 nitrogen and oxygen atoms in total. The summed E-state index contributed by atoms with van der Waals surface area (Å²) in [7, 11) is 1.26. The van der Waals surface area contributed by atoms with E-state index in [1.165, 1.54) is 25.3 Å². The van der Waals surface area contributed by atoms with Gasteiger partial charge in [-0.3, -0.25) is 9.59 Å². The number of ether oxygens (including phenoxy) is 1. The second kappa shape index (κ2) is 11.7. The lowest BCUT2D eigenvalue weighted by molar-refractivity contribution is -0.154. The SMILES string of the molecule is COC(=O)c1cccc(C(=O)N[C@H](Cc2ccc(O)cc2)C(=O)N2CC[C@](O)(c3ccc(Cl)cc3)C(C)(C)C2)c1. The van der Waals surface area contributed by atoms with Crippen molar-refractivity contribution in [3.8, 4) is 5.75 Å². The molecular weight excluding hydrogens is 532 g/mol. The summed E-state index contributed by atoms with van der Waals surface area (Å²) in [5.74, 6) is -1.29. The number of nitrogens with one attached hydrogen (secondary N) is 1. The minimum Gasteiger partial charge on any atom is -0.508 e. The maximum absolute atomic E-state index is 13.9. The molecule has 2 atom stereocenters. The summed E-state index contributed by atoms with van der Waals surface area (Å²) in [5, 5.41) is 24.8. The lowest BCUT2D eigenvalue weighted by Crippen LogP contribution is -2.60. The summed E-state index contributed by atoms with van der Waals surface area (Å²) in [4.78, 5) is 40.8. The van der Waals surface area contributed by atoms with E-state index >= 15 is 0 Å². The quantitative estimate of drug-likeness (QED) is 0.368. The zero-order valence-corrected chi connectivity index (χ0v) is 23.4. The molecule has 0 radical (unpaired) electrons. The standard InChI is InChI=1S/C31H33ClN2O6/c1-30(2)19-34(16-15-31(30,39)23-9-11-24(32)12-10-23)28(37)26(17-20-7-13-25(35)14-8-20)33-27(36)21-5-4-6-22(18-21)29(38)40-3/h4-14,18,26,35,39H,15-17,19H2,1-3H3,(H,33,36)/t26-,31+/m1/s1. The average Bonchev–Trinajstić information content (AvgIpc) is 2.94. The molecule has 3 aromatic carbocycles. The molecule has 0 spiro atoms. The number of nitrogens with zero attached hydrogens (tertiary/aromatic N) is 1. The van der Waals surface area contributed by atoms with Crippen molar-refractivity contribution in [3.63, 3.8) is 0 Å². The molecule has 0 bridgehead atoms. The van der Waals surface area contributed by atoms with Gasteiger partial charge in [-0.2, -0.15) is 0 Å². The van der Waals surface area contributed by atoms with Gasteiger partial charge >= 0.3 is 5.97 Å². The molecule has 0 aromatic heterocycles. The van der Waals surface area contributed by atoms with Crippen molar-refractivity contribution in [1.29, 1.82) is 0 Å². The van der Waals surface area contributed by atoms with Gasteiger partial charge in [0.05, 0.1) is 18.3 Å². The number of esters is 1. The summed E-state index contributed by atoms with van der Waals surface area (Å²) in [6.45, 7) is 4.35. The van der Waals surface area contributed by atoms with Crippen LogP contribution in [0.4, 0.5) is 0 Å². The van der Waals surface area contributed by atoms with E-state index in [4.69, 9.17) is 16.3 Å². The van der Waals surface area contributed by atoms with Crippen LogP contribution in [0.1, 0.15) is 52.1 Å². The molecule has 0 unspecified atom stereocenters. The Labute approximate surface area is 238 Å². The third-order valence-corrected chi connectivity index (χ3v) is 7.86. The van der Waals surface area contributed by atoms with Crippen LogP contribution in [0.3, 0.4) is 0 Å². The molecule has 1 aliphatic heterocycles. The Kier molecular flexibility index (Phi) is 8.51. The fourth-order valence-electron chi connectivity index (χ4n) is 5.21. The van der Waals surface area contributed by atoms with Crippen LogP contribution in [0.25, 0.3) is 0 Å². The second-order valence-electron chi connectivity index (χ2n) is 10.7. The highest BCUT2D eigenvalue weighted by atomic mass is 35.5. The van der Waals surface area contributed by atoms with Crippen molar-refractivity contribution in [2.75, 3.05) is 20.2 Å². The fourth-order valence-corrected chi connectivity index (χ4v) is 5.33. The normalized spacial score (nSPS) is 19.0. The summed E-state index contributed by atoms with van der Waals surface area (Å²) >= 11 is 6.05. The predicted octanol–water partition coefficient (Wildman–Crippen LogP) is 4.32. The number of carbonyl (C=O) groups excluding carboxylic acids is 3. The third-order valence-electron chi connectivity index (χ3n) is 7.61. The molecule has 1 saturated heterocycles. The largest absolute Gasteiger partial charge is 0.508 e. The number of rotatable bonds is 7. The predicted molar refractivity (Wildman–Crippen MR) is 151 cm³/mol. The first kappa shape index (κ1) is 29.1. The van der Waals surface area contributed by atoms with Gasteiger partial charge in [-0.25, -0.2) is 4.79 Å². The zero-order chi connectivity index (χ0) is 29.1. The minimum atomic E-state index is -1.18. The van der Waals surface area contributed by atoms with Gasteiger partial charge in [-0.1, -0.05) is 55.8 Å². The Balaban J connectivity index is 1.58. The number of hydrogen-bond acceptors (Lipinski definition) is 6. The zero-order valence-electron chi connectivity index (χ0n) is 22.7. The van der Waals surface area contributed by atoms with E-state index in [1.807, 2.05) is 13.8 Å². The molecule has 0 aliphatic carbocycles. The van der Waals surface area contributed by atoms with Gasteiger partial charge in [0.2, 0.25) is 5.91 Å². The first-order valence-corrected chi connectivity index (χ1v) is 13.4. The van der Waals surface area contributed by atoms with Crippen molar-refractivity contribution in [3.05, 3.63) is 100 Å². The Hall–Kier alpha value is -3.88. The summed E-state index contributed by atoms with van der Waals surface area (Å²) < 4.78 is 4.75. The number of aromatic hydroxyl groups is 1. The number of methoxy groups -OCH3 is 1. The maximum Gasteiger partial charge on any atom is 0.337 e. The van der Waals surface area contributed by atoms with Gasteiger partial charge in [0.15, 0.2) is 0 Å². The van der Waals surface area contributed by atoms with E-state index < -0.39 is 28.9 Å². The number of amides is 2. The maximum atomic E-state index is 13.9. The molecule has 1 aliphatic rings. The summed E-state index contributed by atoms with van der Waals surface area (Å²) in [5.41, 5.74) is 0.00942. The summed E-state index contributed by atoms with van der Waals surface area (Å²) in [6, 6.07) is 18.7. The highest BCUT2D eigenvalue weighted by molar-refractivity contribution is 6.30. The van der Waals surface area contributed by atoms with Crippen molar-refractivity contribution in [2.24, 2.45) is 5.41 Å². The van der Waals surface area contributed by atoms with E-state index in [9.17, 15) is 24.6 Å². The van der Waals surface area contributed by atoms with Crippen LogP contribution in [0.2, 0.25) is 5.02 Å². The Morgan fingerprint density at radius 3 is 2.30 bits per heavy atom. The van der Waals surface area contributed by atoms with Crippen molar-refractivity contribution < 1.29 is 29.3 Å². The van der Waals surface area contributed by atoms with Gasteiger partial charge in [-0.15, -0.1) is 0 Å². The molecule has 0 saturated carbocycles. The highest BCUT2D eigenvalue weighted by Crippen LogP contribution is 2.46. The van der Waals surface area contributed by atoms with Gasteiger partial charge in [0.1, 0.15) is 11.8 Å². The van der Waals surface area contributed by atoms with E-state index in [1.54, 1.807) is 59.5 Å². The van der Waals surface area contributed by atoms with E-state index in [2.05, 4.69) is 5.32 Å². The molecule has 210 valence electrons. The van der Waals surface area contributed by atoms with Crippen LogP contribution in [0.15, 0.2) is 72.8 Å². The number of halogens is 1. The van der Waals surface area contributed by atoms with Gasteiger partial charge < -0.3 is 25.2 Å². The van der Waals surface area contributed by atoms with Gasteiger partial charge in [-0.05, 0) is 60.0 Å². The lowest BCUT2D eigenvalue weighted by atomic mass is 9.66. The Bertz CT molecular complexity index is 1390. The van der Waals surface area contributed by atoms with E-state index in [0.29, 0.717) is 11.4 Å². The number of likely N-dealkylation sites (tertiary alicyclic amines) is 1. The van der Waals surface area contributed by atoms with Crippen molar-refractivity contribution >= 4 is 29.4 Å². The van der Waals surface area contributed by atoms with Crippen molar-refractivity contribution in [2.45, 2.75) is 38.3 Å².